The normalized spacial score (nSPS) is 13.8. The maximum atomic E-state index is 9.97. The minimum Gasteiger partial charge on any atom is -0.456 e. The quantitative estimate of drug-likeness (QED) is 0.121. The molecular formula is C108H86BN3O. The number of anilines is 6. The Morgan fingerprint density at radius 1 is 0.274 bits per heavy atom. The van der Waals surface area contributed by atoms with Crippen molar-refractivity contribution in [1.82, 2.24) is 4.57 Å². The lowest BCUT2D eigenvalue weighted by Gasteiger charge is -2.46. The van der Waals surface area contributed by atoms with Crippen LogP contribution in [-0.2, 0) is 16.2 Å². The summed E-state index contributed by atoms with van der Waals surface area (Å²) in [5.74, 6) is 0. The minimum atomic E-state index is -0.558. The highest BCUT2D eigenvalue weighted by Gasteiger charge is 2.46. The van der Waals surface area contributed by atoms with E-state index < -0.39 is 43.0 Å². The van der Waals surface area contributed by atoms with E-state index in [1.807, 2.05) is 18.2 Å². The Morgan fingerprint density at radius 3 is 1.05 bits per heavy atom. The molecule has 4 nitrogen and oxygen atoms in total. The van der Waals surface area contributed by atoms with Gasteiger partial charge in [0.2, 0.25) is 0 Å². The SMILES string of the molecule is [2H]c1c([2H])c([2H])c2c(c1[2H])c1c([2H])c([2H])c([2H])c([2H])c1n2-c1ccc2c(c1)N(c1c(-c3ccccc3)cc(-c3ccc(C(C)(C)C)cc3)cc1-c1ccccc1)c1cc(-c3ccc(C(C)(C)C)cc3)cc3c1B2c1ccc(-c2ccc4oc5ccccc5c4c2)cc1N3c1c(-c2ccccc2)cc(-c2ccc(C(C)(C)C)cc2)cc1-c1ccccc1. The van der Waals surface area contributed by atoms with Gasteiger partial charge in [-0.1, -0.05) is 335 Å². The molecule has 4 heterocycles. The highest BCUT2D eigenvalue weighted by molar-refractivity contribution is 7.00. The zero-order valence-electron chi connectivity index (χ0n) is 72.8. The Labute approximate surface area is 674 Å². The third kappa shape index (κ3) is 11.9. The summed E-state index contributed by atoms with van der Waals surface area (Å²) < 4.78 is 84.7. The molecule has 16 aromatic carbocycles. The molecule has 0 saturated carbocycles. The molecule has 0 saturated heterocycles. The smallest absolute Gasteiger partial charge is 0.252 e. The van der Waals surface area contributed by atoms with Gasteiger partial charge in [0, 0.05) is 72.2 Å². The number of furan rings is 1. The van der Waals surface area contributed by atoms with Crippen molar-refractivity contribution < 1.29 is 15.4 Å². The van der Waals surface area contributed by atoms with E-state index in [9.17, 15) is 11.0 Å². The summed E-state index contributed by atoms with van der Waals surface area (Å²) in [5, 5.41) is 2.02. The molecule has 0 atom stereocenters. The molecule has 0 unspecified atom stereocenters. The van der Waals surface area contributed by atoms with Crippen LogP contribution in [0.25, 0.3) is 138 Å². The Bertz CT molecular complexity index is 7070. The summed E-state index contributed by atoms with van der Waals surface area (Å²) in [6, 6.07) is 109. The number of benzene rings is 16. The molecule has 2 aliphatic heterocycles. The van der Waals surface area contributed by atoms with Gasteiger partial charge in [-0.25, -0.2) is 0 Å². The monoisotopic (exact) mass is 1460 g/mol. The third-order valence-electron chi connectivity index (χ3n) is 23.3. The number of para-hydroxylation sites is 3. The fraction of sp³-hybridized carbons (Fsp3) is 0.111. The van der Waals surface area contributed by atoms with E-state index >= 15 is 0 Å². The molecule has 20 rings (SSSR count). The van der Waals surface area contributed by atoms with E-state index in [-0.39, 0.29) is 50.1 Å². The lowest BCUT2D eigenvalue weighted by Crippen LogP contribution is -2.61. The molecular weight excluding hydrogens is 1370 g/mol. The van der Waals surface area contributed by atoms with Crippen molar-refractivity contribution in [3.8, 4) is 94.7 Å². The van der Waals surface area contributed by atoms with Crippen molar-refractivity contribution in [1.29, 1.82) is 0 Å². The topological polar surface area (TPSA) is 24.6 Å². The minimum absolute atomic E-state index is 0.00281. The van der Waals surface area contributed by atoms with E-state index in [0.29, 0.717) is 5.69 Å². The maximum Gasteiger partial charge on any atom is 0.252 e. The van der Waals surface area contributed by atoms with Crippen LogP contribution in [0.15, 0.2) is 362 Å². The second-order valence-electron chi connectivity index (χ2n) is 33.4. The lowest BCUT2D eigenvalue weighted by atomic mass is 9.33. The van der Waals surface area contributed by atoms with Crippen molar-refractivity contribution >= 4 is 101 Å². The standard InChI is InChI=1S/C108H86BN3O/c1-106(2,3)81-50-42-69(43-51-81)78-61-88(72-28-14-10-15-29-72)104(89(62-78)73-30-16-11-17-31-73)111-97-65-77(76-49-59-102-92(60-76)87-38-24-27-41-101(87)113-102)48-57-93(97)109-94-58-56-84(110-95-39-25-22-36-85(95)86-37-23-26-40-96(86)110)68-98(94)112(100-67-80(66-99(111)103(100)109)71-46-54-83(55-47-71)108(7,8)9)105-90(74-32-18-12-19-33-74)63-79(64-91(105)75-34-20-13-21-35-75)70-44-52-82(53-45-70)107(4,5)6/h10-68H,1-9H3/i22D,23D,25D,26D,36D,37D,39D,40D. The zero-order chi connectivity index (χ0) is 83.6. The molecule has 0 fully saturated rings. The van der Waals surface area contributed by atoms with Crippen molar-refractivity contribution in [2.45, 2.75) is 78.6 Å². The number of hydrogen-bond acceptors (Lipinski definition) is 3. The van der Waals surface area contributed by atoms with Gasteiger partial charge in [0.25, 0.3) is 6.71 Å². The summed E-state index contributed by atoms with van der Waals surface area (Å²) >= 11 is 0. The van der Waals surface area contributed by atoms with Crippen molar-refractivity contribution in [2.75, 3.05) is 9.80 Å². The van der Waals surface area contributed by atoms with Gasteiger partial charge in [-0.2, -0.15) is 0 Å². The van der Waals surface area contributed by atoms with Crippen molar-refractivity contribution in [3.63, 3.8) is 0 Å². The second kappa shape index (κ2) is 26.8. The predicted octanol–water partition coefficient (Wildman–Crippen LogP) is 28.0. The molecule has 18 aromatic rings. The first-order chi connectivity index (χ1) is 58.2. The van der Waals surface area contributed by atoms with E-state index in [4.69, 9.17) is 4.42 Å². The van der Waals surface area contributed by atoms with Crippen LogP contribution >= 0.6 is 0 Å². The third-order valence-corrected chi connectivity index (χ3v) is 23.3. The van der Waals surface area contributed by atoms with Crippen LogP contribution in [0.1, 0.15) is 90.0 Å². The fourth-order valence-corrected chi connectivity index (χ4v) is 17.5. The molecule has 113 heavy (non-hydrogen) atoms. The highest BCUT2D eigenvalue weighted by atomic mass is 16.3. The van der Waals surface area contributed by atoms with Crippen LogP contribution in [0, 0.1) is 0 Å². The average Bonchev–Trinajstić information content (AvgIpc) is 1.41. The zero-order valence-corrected chi connectivity index (χ0v) is 64.8. The predicted molar refractivity (Wildman–Crippen MR) is 482 cm³/mol. The van der Waals surface area contributed by atoms with Gasteiger partial charge in [-0.3, -0.25) is 0 Å². The largest absolute Gasteiger partial charge is 0.456 e. The van der Waals surface area contributed by atoms with Crippen LogP contribution in [-0.4, -0.2) is 11.3 Å². The van der Waals surface area contributed by atoms with E-state index in [1.165, 1.54) is 16.7 Å². The summed E-state index contributed by atoms with van der Waals surface area (Å²) in [5.41, 5.74) is 29.4. The highest BCUT2D eigenvalue weighted by Crippen LogP contribution is 2.56. The summed E-state index contributed by atoms with van der Waals surface area (Å²) in [4.78, 5) is 5.04. The van der Waals surface area contributed by atoms with Gasteiger partial charge < -0.3 is 18.8 Å². The Hall–Kier alpha value is -13.2. The van der Waals surface area contributed by atoms with Gasteiger partial charge in [0.1, 0.15) is 11.2 Å². The van der Waals surface area contributed by atoms with Crippen LogP contribution in [0.4, 0.5) is 34.1 Å². The van der Waals surface area contributed by atoms with Crippen LogP contribution < -0.4 is 26.2 Å². The molecule has 0 radical (unpaired) electrons. The number of aromatic nitrogens is 1. The molecule has 5 heteroatoms. The fourth-order valence-electron chi connectivity index (χ4n) is 17.5. The van der Waals surface area contributed by atoms with Crippen molar-refractivity contribution in [3.05, 3.63) is 374 Å². The summed E-state index contributed by atoms with van der Waals surface area (Å²) in [6.07, 6.45) is 0. The van der Waals surface area contributed by atoms with E-state index in [1.54, 1.807) is 4.57 Å². The molecule has 0 spiro atoms. The summed E-state index contributed by atoms with van der Waals surface area (Å²) in [6.45, 7) is 19.7. The Morgan fingerprint density at radius 2 is 0.619 bits per heavy atom. The Kier molecular flexibility index (Phi) is 14.4. The average molecular weight is 1460 g/mol. The lowest BCUT2D eigenvalue weighted by molar-refractivity contribution is 0.590. The molecule has 0 aliphatic carbocycles. The number of hydrogen-bond donors (Lipinski definition) is 0. The first-order valence-corrected chi connectivity index (χ1v) is 39.1. The molecule has 0 amide bonds. The molecule has 2 aliphatic rings. The van der Waals surface area contributed by atoms with Crippen LogP contribution in [0.5, 0.6) is 0 Å². The molecule has 0 N–H and O–H groups in total. The van der Waals surface area contributed by atoms with E-state index in [2.05, 4.69) is 363 Å². The van der Waals surface area contributed by atoms with Gasteiger partial charge in [0.05, 0.1) is 33.4 Å². The molecule has 2 aromatic heterocycles. The van der Waals surface area contributed by atoms with Crippen LogP contribution in [0.2, 0.25) is 0 Å². The first kappa shape index (κ1) is 60.6. The molecule has 0 bridgehead atoms. The van der Waals surface area contributed by atoms with Gasteiger partial charge >= 0.3 is 0 Å². The van der Waals surface area contributed by atoms with Crippen LogP contribution in [0.3, 0.4) is 0 Å². The first-order valence-electron chi connectivity index (χ1n) is 43.1. The second-order valence-corrected chi connectivity index (χ2v) is 33.4. The van der Waals surface area contributed by atoms with Gasteiger partial charge in [-0.05, 0) is 201 Å². The van der Waals surface area contributed by atoms with Crippen molar-refractivity contribution in [2.24, 2.45) is 0 Å². The Balaban J connectivity index is 0.982. The van der Waals surface area contributed by atoms with E-state index in [0.717, 1.165) is 161 Å². The summed E-state index contributed by atoms with van der Waals surface area (Å²) in [7, 11) is 0. The number of fused-ring (bicyclic) bond motifs is 10. The maximum absolute atomic E-state index is 9.97. The number of rotatable bonds is 11. The number of nitrogens with zero attached hydrogens (tertiary/aromatic N) is 3. The van der Waals surface area contributed by atoms with Gasteiger partial charge in [0.15, 0.2) is 0 Å². The van der Waals surface area contributed by atoms with Gasteiger partial charge in [-0.15, -0.1) is 0 Å². The molecule has 542 valence electrons.